The van der Waals surface area contributed by atoms with Gasteiger partial charge in [0.1, 0.15) is 6.07 Å². The number of hydrogen-bond acceptors (Lipinski definition) is 4. The normalized spacial score (nSPS) is 27.6. The number of nitrogens with zero attached hydrogens (tertiary/aromatic N) is 3. The fourth-order valence-corrected chi connectivity index (χ4v) is 4.25. The van der Waals surface area contributed by atoms with Gasteiger partial charge in [-0.3, -0.25) is 4.98 Å². The van der Waals surface area contributed by atoms with Gasteiger partial charge in [-0.05, 0) is 30.7 Å². The van der Waals surface area contributed by atoms with E-state index in [0.717, 1.165) is 36.1 Å². The van der Waals surface area contributed by atoms with Gasteiger partial charge >= 0.3 is 0 Å². The number of benzene rings is 1. The standard InChI is InChI=1S/C18H20N4/c19-8-13-9-21-17-7-2-1-5-14(17)18(13)22-10-12-4-3-6-16(20)15(12)11-22/h1-2,5,7,9,12,15-16H,3-4,6,10-11,20H2. The first-order valence-corrected chi connectivity index (χ1v) is 8.06. The Morgan fingerprint density at radius 3 is 2.91 bits per heavy atom. The third-order valence-electron chi connectivity index (χ3n) is 5.34. The third kappa shape index (κ3) is 2.05. The number of pyridine rings is 1. The van der Waals surface area contributed by atoms with Gasteiger partial charge < -0.3 is 10.6 Å². The first kappa shape index (κ1) is 13.5. The smallest absolute Gasteiger partial charge is 0.103 e. The van der Waals surface area contributed by atoms with E-state index in [0.29, 0.717) is 23.4 Å². The Morgan fingerprint density at radius 1 is 1.23 bits per heavy atom. The summed E-state index contributed by atoms with van der Waals surface area (Å²) in [5, 5.41) is 10.6. The molecule has 3 unspecified atom stereocenters. The van der Waals surface area contributed by atoms with E-state index in [1.165, 1.54) is 12.8 Å². The summed E-state index contributed by atoms with van der Waals surface area (Å²) in [6.07, 6.45) is 5.34. The summed E-state index contributed by atoms with van der Waals surface area (Å²) < 4.78 is 0. The summed E-state index contributed by atoms with van der Waals surface area (Å²) in [5.74, 6) is 1.23. The van der Waals surface area contributed by atoms with E-state index in [4.69, 9.17) is 5.73 Å². The molecule has 112 valence electrons. The molecule has 1 aromatic carbocycles. The number of nitriles is 1. The molecule has 2 heterocycles. The predicted molar refractivity (Wildman–Crippen MR) is 87.5 cm³/mol. The van der Waals surface area contributed by atoms with E-state index in [9.17, 15) is 5.26 Å². The average molecular weight is 292 g/mol. The molecule has 4 nitrogen and oxygen atoms in total. The molecular weight excluding hydrogens is 272 g/mol. The lowest BCUT2D eigenvalue weighted by molar-refractivity contribution is 0.260. The van der Waals surface area contributed by atoms with Gasteiger partial charge in [0.15, 0.2) is 0 Å². The molecule has 0 amide bonds. The number of rotatable bonds is 1. The van der Waals surface area contributed by atoms with Crippen molar-refractivity contribution in [1.82, 2.24) is 4.98 Å². The number of aromatic nitrogens is 1. The highest BCUT2D eigenvalue weighted by Crippen LogP contribution is 2.40. The molecule has 0 spiro atoms. The van der Waals surface area contributed by atoms with Crippen LogP contribution in [0.25, 0.3) is 10.9 Å². The topological polar surface area (TPSA) is 65.9 Å². The van der Waals surface area contributed by atoms with Gasteiger partial charge in [-0.25, -0.2) is 0 Å². The number of hydrogen-bond donors (Lipinski definition) is 1. The lowest BCUT2D eigenvalue weighted by Crippen LogP contribution is -2.38. The Labute approximate surface area is 130 Å². The van der Waals surface area contributed by atoms with Crippen LogP contribution in [0.2, 0.25) is 0 Å². The molecule has 1 aliphatic carbocycles. The van der Waals surface area contributed by atoms with Gasteiger partial charge in [0, 0.05) is 30.7 Å². The molecule has 1 saturated heterocycles. The Morgan fingerprint density at radius 2 is 2.09 bits per heavy atom. The summed E-state index contributed by atoms with van der Waals surface area (Å²) in [4.78, 5) is 6.79. The zero-order valence-corrected chi connectivity index (χ0v) is 12.6. The molecule has 1 aromatic heterocycles. The van der Waals surface area contributed by atoms with Crippen LogP contribution in [0.5, 0.6) is 0 Å². The van der Waals surface area contributed by atoms with Gasteiger partial charge in [0.05, 0.1) is 16.8 Å². The number of nitrogens with two attached hydrogens (primary N) is 1. The first-order chi connectivity index (χ1) is 10.8. The van der Waals surface area contributed by atoms with Crippen molar-refractivity contribution in [2.24, 2.45) is 17.6 Å². The zero-order chi connectivity index (χ0) is 15.1. The maximum atomic E-state index is 9.51. The van der Waals surface area contributed by atoms with Crippen molar-refractivity contribution < 1.29 is 0 Å². The van der Waals surface area contributed by atoms with E-state index in [1.54, 1.807) is 6.20 Å². The Kier molecular flexibility index (Phi) is 3.24. The van der Waals surface area contributed by atoms with Gasteiger partial charge in [-0.1, -0.05) is 24.6 Å². The molecule has 0 bridgehead atoms. The first-order valence-electron chi connectivity index (χ1n) is 8.06. The van der Waals surface area contributed by atoms with E-state index >= 15 is 0 Å². The Bertz CT molecular complexity index is 748. The molecule has 2 aromatic rings. The summed E-state index contributed by atoms with van der Waals surface area (Å²) >= 11 is 0. The average Bonchev–Trinajstić information content (AvgIpc) is 2.99. The minimum atomic E-state index is 0.308. The van der Waals surface area contributed by atoms with Gasteiger partial charge in [-0.15, -0.1) is 0 Å². The SMILES string of the molecule is N#Cc1cnc2ccccc2c1N1CC2CCCC(N)C2C1. The molecule has 1 aliphatic heterocycles. The van der Waals surface area contributed by atoms with Gasteiger partial charge in [0.25, 0.3) is 0 Å². The van der Waals surface area contributed by atoms with Crippen LogP contribution in [0.1, 0.15) is 24.8 Å². The van der Waals surface area contributed by atoms with Gasteiger partial charge in [-0.2, -0.15) is 5.26 Å². The molecular formula is C18H20N4. The van der Waals surface area contributed by atoms with E-state index in [-0.39, 0.29) is 0 Å². The molecule has 22 heavy (non-hydrogen) atoms. The van der Waals surface area contributed by atoms with Crippen LogP contribution in [-0.4, -0.2) is 24.1 Å². The molecule has 2 N–H and O–H groups in total. The third-order valence-corrected chi connectivity index (χ3v) is 5.34. The minimum Gasteiger partial charge on any atom is -0.369 e. The van der Waals surface area contributed by atoms with Crippen LogP contribution < -0.4 is 10.6 Å². The second-order valence-electron chi connectivity index (χ2n) is 6.57. The van der Waals surface area contributed by atoms with Gasteiger partial charge in [0.2, 0.25) is 0 Å². The Hall–Kier alpha value is -2.12. The van der Waals surface area contributed by atoms with E-state index in [1.807, 2.05) is 18.2 Å². The largest absolute Gasteiger partial charge is 0.369 e. The minimum absolute atomic E-state index is 0.308. The Balaban J connectivity index is 1.79. The molecule has 3 atom stereocenters. The van der Waals surface area contributed by atoms with Crippen LogP contribution in [0.4, 0.5) is 5.69 Å². The number of fused-ring (bicyclic) bond motifs is 2. The van der Waals surface area contributed by atoms with Crippen molar-refractivity contribution in [3.05, 3.63) is 36.0 Å². The van der Waals surface area contributed by atoms with Crippen molar-refractivity contribution in [3.8, 4) is 6.07 Å². The van der Waals surface area contributed by atoms with Crippen molar-refractivity contribution >= 4 is 16.6 Å². The number of anilines is 1. The van der Waals surface area contributed by atoms with Crippen LogP contribution >= 0.6 is 0 Å². The predicted octanol–water partition coefficient (Wildman–Crippen LogP) is 2.67. The molecule has 0 radical (unpaired) electrons. The molecule has 1 saturated carbocycles. The second-order valence-corrected chi connectivity index (χ2v) is 6.57. The van der Waals surface area contributed by atoms with Crippen molar-refractivity contribution in [2.45, 2.75) is 25.3 Å². The number of para-hydroxylation sites is 1. The van der Waals surface area contributed by atoms with Crippen LogP contribution in [0.15, 0.2) is 30.5 Å². The maximum absolute atomic E-state index is 9.51. The molecule has 4 heteroatoms. The lowest BCUT2D eigenvalue weighted by Gasteiger charge is -2.29. The van der Waals surface area contributed by atoms with Crippen LogP contribution in [0, 0.1) is 23.2 Å². The highest BCUT2D eigenvalue weighted by atomic mass is 15.2. The van der Waals surface area contributed by atoms with Crippen molar-refractivity contribution in [2.75, 3.05) is 18.0 Å². The lowest BCUT2D eigenvalue weighted by atomic mass is 9.78. The summed E-state index contributed by atoms with van der Waals surface area (Å²) in [6.45, 7) is 1.98. The zero-order valence-electron chi connectivity index (χ0n) is 12.6. The fourth-order valence-electron chi connectivity index (χ4n) is 4.25. The molecule has 2 aliphatic rings. The van der Waals surface area contributed by atoms with Crippen molar-refractivity contribution in [3.63, 3.8) is 0 Å². The van der Waals surface area contributed by atoms with E-state index < -0.39 is 0 Å². The maximum Gasteiger partial charge on any atom is 0.103 e. The summed E-state index contributed by atoms with van der Waals surface area (Å²) in [6, 6.07) is 10.7. The highest BCUT2D eigenvalue weighted by Gasteiger charge is 2.39. The van der Waals surface area contributed by atoms with Crippen molar-refractivity contribution in [1.29, 1.82) is 5.26 Å². The second kappa shape index (κ2) is 5.26. The summed E-state index contributed by atoms with van der Waals surface area (Å²) in [5.41, 5.74) is 9.02. The molecule has 2 fully saturated rings. The van der Waals surface area contributed by atoms with Crippen LogP contribution in [0.3, 0.4) is 0 Å². The highest BCUT2D eigenvalue weighted by molar-refractivity contribution is 5.94. The quantitative estimate of drug-likeness (QED) is 0.877. The van der Waals surface area contributed by atoms with E-state index in [2.05, 4.69) is 22.0 Å². The monoisotopic (exact) mass is 292 g/mol. The molecule has 4 rings (SSSR count). The fraction of sp³-hybridized carbons (Fsp3) is 0.444. The summed E-state index contributed by atoms with van der Waals surface area (Å²) in [7, 11) is 0. The van der Waals surface area contributed by atoms with Crippen LogP contribution in [-0.2, 0) is 0 Å².